The number of halogens is 1. The number of amides is 2. The zero-order valence-electron chi connectivity index (χ0n) is 14.0. The van der Waals surface area contributed by atoms with Crippen LogP contribution >= 0.6 is 11.6 Å². The third-order valence-electron chi connectivity index (χ3n) is 5.11. The van der Waals surface area contributed by atoms with E-state index < -0.39 is 0 Å². The molecule has 5 heteroatoms. The van der Waals surface area contributed by atoms with Crippen molar-refractivity contribution in [1.82, 2.24) is 10.2 Å². The first-order chi connectivity index (χ1) is 11.6. The monoisotopic (exact) mass is 348 g/mol. The molecule has 2 amide bonds. The number of nitrogens with one attached hydrogen (secondary N) is 1. The second-order valence-corrected chi connectivity index (χ2v) is 7.37. The molecule has 1 heterocycles. The van der Waals surface area contributed by atoms with Gasteiger partial charge in [0.1, 0.15) is 0 Å². The molecular formula is C19H25ClN2O2. The molecule has 2 fully saturated rings. The van der Waals surface area contributed by atoms with Gasteiger partial charge in [0.05, 0.1) is 5.92 Å². The number of rotatable bonds is 4. The molecule has 1 N–H and O–H groups in total. The van der Waals surface area contributed by atoms with E-state index in [1.807, 2.05) is 24.3 Å². The molecule has 1 saturated heterocycles. The second kappa shape index (κ2) is 8.02. The molecule has 4 nitrogen and oxygen atoms in total. The highest BCUT2D eigenvalue weighted by Gasteiger charge is 2.35. The van der Waals surface area contributed by atoms with Gasteiger partial charge in [0.25, 0.3) is 0 Å². The van der Waals surface area contributed by atoms with E-state index in [0.717, 1.165) is 18.4 Å². The van der Waals surface area contributed by atoms with Crippen molar-refractivity contribution in [2.75, 3.05) is 6.54 Å². The third kappa shape index (κ3) is 4.29. The van der Waals surface area contributed by atoms with E-state index in [2.05, 4.69) is 5.32 Å². The van der Waals surface area contributed by atoms with Crippen LogP contribution in [0.1, 0.15) is 50.5 Å². The quantitative estimate of drug-likeness (QED) is 0.846. The lowest BCUT2D eigenvalue weighted by Crippen LogP contribution is -2.39. The van der Waals surface area contributed by atoms with E-state index in [0.29, 0.717) is 24.5 Å². The Morgan fingerprint density at radius 1 is 1.17 bits per heavy atom. The van der Waals surface area contributed by atoms with E-state index in [9.17, 15) is 9.59 Å². The molecule has 1 aliphatic carbocycles. The van der Waals surface area contributed by atoms with E-state index in [1.165, 1.54) is 25.7 Å². The Bertz CT molecular complexity index is 597. The molecule has 130 valence electrons. The smallest absolute Gasteiger partial charge is 0.225 e. The van der Waals surface area contributed by atoms with Crippen molar-refractivity contribution in [2.45, 2.75) is 57.5 Å². The van der Waals surface area contributed by atoms with E-state index in [1.54, 1.807) is 4.90 Å². The summed E-state index contributed by atoms with van der Waals surface area (Å²) in [5, 5.41) is 3.84. The predicted molar refractivity (Wildman–Crippen MR) is 94.6 cm³/mol. The van der Waals surface area contributed by atoms with Gasteiger partial charge in [0.15, 0.2) is 0 Å². The Morgan fingerprint density at radius 2 is 1.88 bits per heavy atom. The van der Waals surface area contributed by atoms with Gasteiger partial charge in [-0.15, -0.1) is 0 Å². The van der Waals surface area contributed by atoms with Crippen molar-refractivity contribution in [1.29, 1.82) is 0 Å². The van der Waals surface area contributed by atoms with Gasteiger partial charge in [-0.1, -0.05) is 55.5 Å². The van der Waals surface area contributed by atoms with E-state index in [4.69, 9.17) is 11.6 Å². The Labute approximate surface area is 148 Å². The van der Waals surface area contributed by atoms with Gasteiger partial charge >= 0.3 is 0 Å². The largest absolute Gasteiger partial charge is 0.353 e. The first-order valence-electron chi connectivity index (χ1n) is 8.95. The zero-order chi connectivity index (χ0) is 16.9. The van der Waals surface area contributed by atoms with Gasteiger partial charge in [0.2, 0.25) is 11.8 Å². The van der Waals surface area contributed by atoms with Crippen molar-refractivity contribution in [3.63, 3.8) is 0 Å². The maximum Gasteiger partial charge on any atom is 0.225 e. The van der Waals surface area contributed by atoms with Crippen molar-refractivity contribution in [3.8, 4) is 0 Å². The average Bonchev–Trinajstić information content (AvgIpc) is 2.77. The molecule has 1 aromatic carbocycles. The summed E-state index contributed by atoms with van der Waals surface area (Å²) in [6.07, 6.45) is 7.34. The molecule has 0 radical (unpaired) electrons. The summed E-state index contributed by atoms with van der Waals surface area (Å²) in [5.74, 6) is -0.156. The minimum atomic E-state index is -0.233. The minimum absolute atomic E-state index is 0.0379. The molecule has 3 rings (SSSR count). The molecular weight excluding hydrogens is 324 g/mol. The highest BCUT2D eigenvalue weighted by molar-refractivity contribution is 6.31. The SMILES string of the molecule is O=C(NC1CCCCCC1)[C@@H]1CC(=O)N(Cc2ccccc2Cl)C1. The number of carbonyl (C=O) groups excluding carboxylic acids is 2. The second-order valence-electron chi connectivity index (χ2n) is 6.96. The molecule has 0 aromatic heterocycles. The maximum absolute atomic E-state index is 12.5. The summed E-state index contributed by atoms with van der Waals surface area (Å²) in [7, 11) is 0. The molecule has 0 spiro atoms. The Balaban J connectivity index is 1.55. The molecule has 2 aliphatic rings. The number of carbonyl (C=O) groups is 2. The van der Waals surface area contributed by atoms with Crippen LogP contribution in [-0.4, -0.2) is 29.3 Å². The van der Waals surface area contributed by atoms with Crippen molar-refractivity contribution in [3.05, 3.63) is 34.9 Å². The topological polar surface area (TPSA) is 49.4 Å². The van der Waals surface area contributed by atoms with Crippen LogP contribution in [-0.2, 0) is 16.1 Å². The van der Waals surface area contributed by atoms with Crippen LogP contribution in [0.25, 0.3) is 0 Å². The number of benzene rings is 1. The summed E-state index contributed by atoms with van der Waals surface area (Å²) in [6.45, 7) is 0.967. The van der Waals surface area contributed by atoms with E-state index >= 15 is 0 Å². The predicted octanol–water partition coefficient (Wildman–Crippen LogP) is 3.53. The molecule has 1 aliphatic heterocycles. The van der Waals surface area contributed by atoms with Crippen molar-refractivity contribution >= 4 is 23.4 Å². The maximum atomic E-state index is 12.5. The van der Waals surface area contributed by atoms with Crippen LogP contribution < -0.4 is 5.32 Å². The number of likely N-dealkylation sites (tertiary alicyclic amines) is 1. The fourth-order valence-electron chi connectivity index (χ4n) is 3.68. The molecule has 1 aromatic rings. The first-order valence-corrected chi connectivity index (χ1v) is 9.33. The first kappa shape index (κ1) is 17.3. The lowest BCUT2D eigenvalue weighted by atomic mass is 10.0. The van der Waals surface area contributed by atoms with Gasteiger partial charge in [-0.3, -0.25) is 9.59 Å². The highest BCUT2D eigenvalue weighted by Crippen LogP contribution is 2.24. The Kier molecular flexibility index (Phi) is 5.77. The summed E-state index contributed by atoms with van der Waals surface area (Å²) < 4.78 is 0. The molecule has 1 atom stereocenters. The fourth-order valence-corrected chi connectivity index (χ4v) is 3.87. The Morgan fingerprint density at radius 3 is 2.58 bits per heavy atom. The number of hydrogen-bond donors (Lipinski definition) is 1. The zero-order valence-corrected chi connectivity index (χ0v) is 14.7. The number of nitrogens with zero attached hydrogens (tertiary/aromatic N) is 1. The van der Waals surface area contributed by atoms with Gasteiger partial charge in [-0.05, 0) is 24.5 Å². The van der Waals surface area contributed by atoms with Crippen LogP contribution in [0, 0.1) is 5.92 Å². The summed E-state index contributed by atoms with van der Waals surface area (Å²) in [4.78, 5) is 26.5. The third-order valence-corrected chi connectivity index (χ3v) is 5.47. The lowest BCUT2D eigenvalue weighted by molar-refractivity contribution is -0.129. The molecule has 24 heavy (non-hydrogen) atoms. The molecule has 0 unspecified atom stereocenters. The van der Waals surface area contributed by atoms with Crippen LogP contribution in [0.15, 0.2) is 24.3 Å². The van der Waals surface area contributed by atoms with Gasteiger partial charge in [-0.2, -0.15) is 0 Å². The van der Waals surface area contributed by atoms with E-state index in [-0.39, 0.29) is 23.8 Å². The van der Waals surface area contributed by atoms with Crippen molar-refractivity contribution < 1.29 is 9.59 Å². The van der Waals surface area contributed by atoms with Crippen LogP contribution in [0.4, 0.5) is 0 Å². The van der Waals surface area contributed by atoms with Gasteiger partial charge in [-0.25, -0.2) is 0 Å². The van der Waals surface area contributed by atoms with Crippen molar-refractivity contribution in [2.24, 2.45) is 5.92 Å². The highest BCUT2D eigenvalue weighted by atomic mass is 35.5. The van der Waals surface area contributed by atoms with Gasteiger partial charge < -0.3 is 10.2 Å². The van der Waals surface area contributed by atoms with Crippen LogP contribution in [0.5, 0.6) is 0 Å². The minimum Gasteiger partial charge on any atom is -0.353 e. The summed E-state index contributed by atoms with van der Waals surface area (Å²) in [6, 6.07) is 7.83. The average molecular weight is 349 g/mol. The fraction of sp³-hybridized carbons (Fsp3) is 0.579. The van der Waals surface area contributed by atoms with Gasteiger partial charge in [0, 0.05) is 30.6 Å². The molecule has 0 bridgehead atoms. The van der Waals surface area contributed by atoms with Crippen LogP contribution in [0.3, 0.4) is 0 Å². The standard InChI is InChI=1S/C19H25ClN2O2/c20-17-10-6-5-7-14(17)12-22-13-15(11-18(22)23)19(24)21-16-8-3-1-2-4-9-16/h5-7,10,15-16H,1-4,8-9,11-13H2,(H,21,24)/t15-/m1/s1. The number of hydrogen-bond acceptors (Lipinski definition) is 2. The van der Waals surface area contributed by atoms with Crippen LogP contribution in [0.2, 0.25) is 5.02 Å². The lowest BCUT2D eigenvalue weighted by Gasteiger charge is -2.20. The molecule has 1 saturated carbocycles. The Hall–Kier alpha value is -1.55. The normalized spacial score (nSPS) is 22.5. The summed E-state index contributed by atoms with van der Waals surface area (Å²) >= 11 is 6.18. The summed E-state index contributed by atoms with van der Waals surface area (Å²) in [5.41, 5.74) is 0.928.